The molecule has 0 saturated carbocycles. The molecule has 1 aliphatic heterocycles. The van der Waals surface area contributed by atoms with E-state index in [-0.39, 0.29) is 17.9 Å². The number of pyridine rings is 1. The highest BCUT2D eigenvalue weighted by molar-refractivity contribution is 7.10. The number of hydrogen-bond acceptors (Lipinski definition) is 6. The maximum Gasteiger partial charge on any atom is 0.295 e. The monoisotopic (exact) mass is 462 g/mol. The Kier molecular flexibility index (Phi) is 6.60. The zero-order chi connectivity index (χ0) is 23.5. The van der Waals surface area contributed by atoms with Crippen LogP contribution in [-0.4, -0.2) is 33.3 Å². The van der Waals surface area contributed by atoms with Crippen molar-refractivity contribution in [3.05, 3.63) is 87.4 Å². The van der Waals surface area contributed by atoms with Crippen LogP contribution in [0.15, 0.2) is 65.8 Å². The fourth-order valence-corrected chi connectivity index (χ4v) is 4.69. The van der Waals surface area contributed by atoms with E-state index >= 15 is 0 Å². The van der Waals surface area contributed by atoms with Gasteiger partial charge in [-0.05, 0) is 59.7 Å². The number of ether oxygens (including phenoxy) is 1. The van der Waals surface area contributed by atoms with E-state index < -0.39 is 17.7 Å². The quantitative estimate of drug-likeness (QED) is 0.300. The molecule has 1 aliphatic rings. The smallest absolute Gasteiger partial charge is 0.295 e. The van der Waals surface area contributed by atoms with Crippen LogP contribution < -0.4 is 4.74 Å². The number of Topliss-reactive ketones (excluding diaryl/α,β-unsaturated/α-hetero) is 1. The number of rotatable bonds is 7. The molecular weight excluding hydrogens is 436 g/mol. The molecule has 1 atom stereocenters. The van der Waals surface area contributed by atoms with Crippen LogP contribution in [0, 0.1) is 12.8 Å². The van der Waals surface area contributed by atoms with E-state index in [1.54, 1.807) is 36.7 Å². The van der Waals surface area contributed by atoms with Crippen molar-refractivity contribution in [1.29, 1.82) is 0 Å². The van der Waals surface area contributed by atoms with E-state index in [4.69, 9.17) is 4.74 Å². The van der Waals surface area contributed by atoms with Gasteiger partial charge in [0.05, 0.1) is 18.2 Å². The lowest BCUT2D eigenvalue weighted by molar-refractivity contribution is -0.140. The molecule has 1 fully saturated rings. The summed E-state index contributed by atoms with van der Waals surface area (Å²) in [6.45, 7) is 6.85. The highest BCUT2D eigenvalue weighted by atomic mass is 32.1. The van der Waals surface area contributed by atoms with Crippen LogP contribution in [0.3, 0.4) is 0 Å². The first-order valence-electron chi connectivity index (χ1n) is 10.8. The molecule has 1 aromatic carbocycles. The largest absolute Gasteiger partial charge is 0.507 e. The van der Waals surface area contributed by atoms with Gasteiger partial charge in [0.25, 0.3) is 11.7 Å². The number of thiophene rings is 1. The van der Waals surface area contributed by atoms with Crippen LogP contribution in [0.2, 0.25) is 0 Å². The van der Waals surface area contributed by atoms with Crippen molar-refractivity contribution < 1.29 is 19.4 Å². The summed E-state index contributed by atoms with van der Waals surface area (Å²) in [6.07, 6.45) is 3.33. The summed E-state index contributed by atoms with van der Waals surface area (Å²) < 4.78 is 5.83. The summed E-state index contributed by atoms with van der Waals surface area (Å²) in [5, 5.41) is 13.1. The summed E-state index contributed by atoms with van der Waals surface area (Å²) in [5.41, 5.74) is 2.23. The van der Waals surface area contributed by atoms with Gasteiger partial charge in [0.15, 0.2) is 0 Å². The predicted octanol–water partition coefficient (Wildman–Crippen LogP) is 5.11. The fourth-order valence-electron chi connectivity index (χ4n) is 3.84. The molecule has 0 aliphatic carbocycles. The van der Waals surface area contributed by atoms with E-state index in [0.29, 0.717) is 18.1 Å². The molecule has 0 spiro atoms. The highest BCUT2D eigenvalue weighted by Crippen LogP contribution is 2.42. The number of aromatic nitrogens is 1. The van der Waals surface area contributed by atoms with Crippen molar-refractivity contribution >= 4 is 28.8 Å². The Bertz CT molecular complexity index is 1190. The molecule has 0 bridgehead atoms. The minimum absolute atomic E-state index is 0.0987. The molecule has 2 aromatic heterocycles. The van der Waals surface area contributed by atoms with Crippen molar-refractivity contribution in [3.63, 3.8) is 0 Å². The van der Waals surface area contributed by atoms with Gasteiger partial charge in [-0.25, -0.2) is 0 Å². The van der Waals surface area contributed by atoms with Crippen LogP contribution in [0.25, 0.3) is 5.76 Å². The topological polar surface area (TPSA) is 79.7 Å². The van der Waals surface area contributed by atoms with E-state index in [2.05, 4.69) is 18.8 Å². The molecule has 6 nitrogen and oxygen atoms in total. The fraction of sp³-hybridized carbons (Fsp3) is 0.269. The first-order chi connectivity index (χ1) is 15.9. The van der Waals surface area contributed by atoms with Crippen molar-refractivity contribution in [2.45, 2.75) is 33.4 Å². The first kappa shape index (κ1) is 22.7. The van der Waals surface area contributed by atoms with Crippen LogP contribution >= 0.6 is 11.3 Å². The Hall–Kier alpha value is -3.45. The average Bonchev–Trinajstić information content (AvgIpc) is 3.41. The molecule has 3 heterocycles. The number of likely N-dealkylation sites (tertiary alicyclic amines) is 1. The van der Waals surface area contributed by atoms with Crippen molar-refractivity contribution in [3.8, 4) is 5.75 Å². The van der Waals surface area contributed by atoms with Crippen LogP contribution in [-0.2, 0) is 16.1 Å². The Labute approximate surface area is 197 Å². The number of aliphatic hydroxyl groups excluding tert-OH is 1. The molecule has 170 valence electrons. The molecular formula is C26H26N2O4S. The maximum atomic E-state index is 13.1. The second kappa shape index (κ2) is 9.58. The van der Waals surface area contributed by atoms with Crippen molar-refractivity contribution in [2.75, 3.05) is 6.61 Å². The highest BCUT2D eigenvalue weighted by Gasteiger charge is 2.46. The molecule has 1 amide bonds. The van der Waals surface area contributed by atoms with Gasteiger partial charge in [-0.15, -0.1) is 11.3 Å². The number of hydrogen-bond donors (Lipinski definition) is 1. The normalized spacial score (nSPS) is 17.7. The second-order valence-corrected chi connectivity index (χ2v) is 9.47. The summed E-state index contributed by atoms with van der Waals surface area (Å²) in [5.74, 6) is -0.384. The van der Waals surface area contributed by atoms with Gasteiger partial charge in [-0.2, -0.15) is 0 Å². The molecule has 4 rings (SSSR count). The summed E-state index contributed by atoms with van der Waals surface area (Å²) in [4.78, 5) is 32.6. The van der Waals surface area contributed by atoms with E-state index in [1.807, 2.05) is 30.5 Å². The minimum atomic E-state index is -0.687. The van der Waals surface area contributed by atoms with E-state index in [0.717, 1.165) is 21.8 Å². The number of ketones is 1. The zero-order valence-electron chi connectivity index (χ0n) is 18.8. The standard InChI is InChI=1S/C26H26N2O4S/c1-16(2)15-32-20-9-8-19(12-17(20)3)24(29)22-23(21-7-5-11-33-21)28(26(31)25(22)30)14-18-6-4-10-27-13-18/h4-13,16,23,29H,14-15H2,1-3H3/b24-22+. The lowest BCUT2D eigenvalue weighted by Gasteiger charge is -2.24. The Balaban J connectivity index is 1.75. The number of carbonyl (C=O) groups is 2. The summed E-state index contributed by atoms with van der Waals surface area (Å²) in [6, 6.07) is 12.0. The average molecular weight is 463 g/mol. The molecule has 1 N–H and O–H groups in total. The molecule has 1 saturated heterocycles. The minimum Gasteiger partial charge on any atom is -0.507 e. The number of aliphatic hydroxyl groups is 1. The van der Waals surface area contributed by atoms with Gasteiger partial charge in [-0.1, -0.05) is 26.0 Å². The molecule has 1 unspecified atom stereocenters. The van der Waals surface area contributed by atoms with Crippen molar-refractivity contribution in [2.24, 2.45) is 5.92 Å². The number of benzene rings is 1. The first-order valence-corrected chi connectivity index (χ1v) is 11.7. The molecule has 33 heavy (non-hydrogen) atoms. The van der Waals surface area contributed by atoms with Crippen LogP contribution in [0.5, 0.6) is 5.75 Å². The Morgan fingerprint density at radius 3 is 2.67 bits per heavy atom. The Morgan fingerprint density at radius 2 is 2.03 bits per heavy atom. The van der Waals surface area contributed by atoms with Gasteiger partial charge < -0.3 is 14.7 Å². The van der Waals surface area contributed by atoms with Gasteiger partial charge >= 0.3 is 0 Å². The number of nitrogens with zero attached hydrogens (tertiary/aromatic N) is 2. The van der Waals surface area contributed by atoms with E-state index in [9.17, 15) is 14.7 Å². The lowest BCUT2D eigenvalue weighted by atomic mass is 9.98. The lowest BCUT2D eigenvalue weighted by Crippen LogP contribution is -2.28. The Morgan fingerprint density at radius 1 is 1.21 bits per heavy atom. The molecule has 0 radical (unpaired) electrons. The summed E-state index contributed by atoms with van der Waals surface area (Å²) >= 11 is 1.44. The van der Waals surface area contributed by atoms with Gasteiger partial charge in [0, 0.05) is 29.4 Å². The third-order valence-electron chi connectivity index (χ3n) is 5.45. The third-order valence-corrected chi connectivity index (χ3v) is 6.37. The third kappa shape index (κ3) is 4.68. The molecule has 7 heteroatoms. The number of aryl methyl sites for hydroxylation is 1. The summed E-state index contributed by atoms with van der Waals surface area (Å²) in [7, 11) is 0. The molecule has 3 aromatic rings. The number of amides is 1. The second-order valence-electron chi connectivity index (χ2n) is 8.49. The van der Waals surface area contributed by atoms with Gasteiger partial charge in [0.1, 0.15) is 11.5 Å². The van der Waals surface area contributed by atoms with E-state index in [1.165, 1.54) is 16.2 Å². The SMILES string of the molecule is Cc1cc(/C(O)=C2\C(=O)C(=O)N(Cc3cccnc3)C2c2cccs2)ccc1OCC(C)C. The number of carbonyl (C=O) groups excluding carboxylic acids is 2. The van der Waals surface area contributed by atoms with Crippen LogP contribution in [0.4, 0.5) is 0 Å². The maximum absolute atomic E-state index is 13.1. The van der Waals surface area contributed by atoms with Crippen LogP contribution in [0.1, 0.15) is 41.5 Å². The zero-order valence-corrected chi connectivity index (χ0v) is 19.6. The van der Waals surface area contributed by atoms with Gasteiger partial charge in [-0.3, -0.25) is 14.6 Å². The predicted molar refractivity (Wildman–Crippen MR) is 128 cm³/mol. The van der Waals surface area contributed by atoms with Gasteiger partial charge in [0.2, 0.25) is 0 Å². The van der Waals surface area contributed by atoms with Crippen molar-refractivity contribution in [1.82, 2.24) is 9.88 Å².